The third kappa shape index (κ3) is 7.96. The highest BCUT2D eigenvalue weighted by Crippen LogP contribution is 2.11. The van der Waals surface area contributed by atoms with Gasteiger partial charge in [0, 0.05) is 8.07 Å². The summed E-state index contributed by atoms with van der Waals surface area (Å²) in [5.74, 6) is 0. The summed E-state index contributed by atoms with van der Waals surface area (Å²) >= 11 is 0. The van der Waals surface area contributed by atoms with E-state index in [1.165, 1.54) is 18.9 Å². The molecule has 0 saturated heterocycles. The second-order valence-corrected chi connectivity index (χ2v) is 9.60. The van der Waals surface area contributed by atoms with Gasteiger partial charge in [0.25, 0.3) is 0 Å². The van der Waals surface area contributed by atoms with Crippen LogP contribution in [0.5, 0.6) is 0 Å². The molecule has 60 valence electrons. The second-order valence-electron chi connectivity index (χ2n) is 3.98. The monoisotopic (exact) mass is 156 g/mol. The van der Waals surface area contributed by atoms with Crippen LogP contribution in [0, 0.1) is 0 Å². The maximum atomic E-state index is 2.42. The quantitative estimate of drug-likeness (QED) is 0.430. The smallest absolute Gasteiger partial charge is 0.0445 e. The van der Waals surface area contributed by atoms with E-state index in [4.69, 9.17) is 0 Å². The van der Waals surface area contributed by atoms with Crippen LogP contribution in [0.15, 0.2) is 12.2 Å². The average Bonchev–Trinajstić information content (AvgIpc) is 1.78. The number of rotatable bonds is 4. The average molecular weight is 156 g/mol. The topological polar surface area (TPSA) is 0 Å². The van der Waals surface area contributed by atoms with Crippen molar-refractivity contribution in [3.8, 4) is 0 Å². The van der Waals surface area contributed by atoms with Gasteiger partial charge in [-0.2, -0.15) is 0 Å². The lowest BCUT2D eigenvalue weighted by Crippen LogP contribution is -2.18. The van der Waals surface area contributed by atoms with E-state index in [9.17, 15) is 0 Å². The Morgan fingerprint density at radius 2 is 1.70 bits per heavy atom. The summed E-state index contributed by atoms with van der Waals surface area (Å²) in [4.78, 5) is 0. The Labute approximate surface area is 66.4 Å². The lowest BCUT2D eigenvalue weighted by atomic mass is 10.4. The molecule has 10 heavy (non-hydrogen) atoms. The molecule has 0 saturated carbocycles. The standard InChI is InChI=1S/C9H20Si/c1-5-6-7-8-9-10(2,3)4/h6-7H,5,8-9H2,1-4H3/b7-6+. The largest absolute Gasteiger partial charge is 0.0888 e. The van der Waals surface area contributed by atoms with Crippen molar-refractivity contribution in [1.82, 2.24) is 0 Å². The molecule has 0 rings (SSSR count). The van der Waals surface area contributed by atoms with Crippen LogP contribution in [0.25, 0.3) is 0 Å². The van der Waals surface area contributed by atoms with Crippen LogP contribution in [0.1, 0.15) is 19.8 Å². The molecule has 1 heteroatoms. The first-order valence-electron chi connectivity index (χ1n) is 4.21. The van der Waals surface area contributed by atoms with Crippen molar-refractivity contribution in [3.63, 3.8) is 0 Å². The van der Waals surface area contributed by atoms with Crippen molar-refractivity contribution in [2.45, 2.75) is 45.5 Å². The van der Waals surface area contributed by atoms with Gasteiger partial charge in [0.15, 0.2) is 0 Å². The zero-order chi connectivity index (χ0) is 8.04. The van der Waals surface area contributed by atoms with E-state index in [0.717, 1.165) is 0 Å². The Kier molecular flexibility index (Phi) is 4.70. The van der Waals surface area contributed by atoms with Gasteiger partial charge >= 0.3 is 0 Å². The molecule has 0 aliphatic heterocycles. The lowest BCUT2D eigenvalue weighted by Gasteiger charge is -2.13. The van der Waals surface area contributed by atoms with Gasteiger partial charge in [-0.15, -0.1) is 0 Å². The van der Waals surface area contributed by atoms with Gasteiger partial charge in [-0.1, -0.05) is 44.8 Å². The number of hydrogen-bond donors (Lipinski definition) is 0. The molecule has 0 aliphatic carbocycles. The molecule has 0 atom stereocenters. The SMILES string of the molecule is CC/C=C/CC[Si](C)(C)C. The minimum Gasteiger partial charge on any atom is -0.0888 e. The molecule has 0 amide bonds. The Morgan fingerprint density at radius 1 is 1.10 bits per heavy atom. The highest BCUT2D eigenvalue weighted by molar-refractivity contribution is 6.76. The Morgan fingerprint density at radius 3 is 2.10 bits per heavy atom. The first-order chi connectivity index (χ1) is 4.56. The van der Waals surface area contributed by atoms with Crippen LogP contribution in [-0.4, -0.2) is 8.07 Å². The molecule has 0 spiro atoms. The van der Waals surface area contributed by atoms with Crippen LogP contribution in [0.2, 0.25) is 25.7 Å². The molecule has 0 unspecified atom stereocenters. The fourth-order valence-corrected chi connectivity index (χ4v) is 1.83. The minimum absolute atomic E-state index is 0.758. The molecular formula is C9H20Si. The van der Waals surface area contributed by atoms with Crippen molar-refractivity contribution >= 4 is 8.07 Å². The zero-order valence-electron chi connectivity index (χ0n) is 7.78. The van der Waals surface area contributed by atoms with Crippen molar-refractivity contribution in [3.05, 3.63) is 12.2 Å². The lowest BCUT2D eigenvalue weighted by molar-refractivity contribution is 1.12. The van der Waals surface area contributed by atoms with Crippen LogP contribution in [-0.2, 0) is 0 Å². The van der Waals surface area contributed by atoms with Crippen molar-refractivity contribution < 1.29 is 0 Å². The fraction of sp³-hybridized carbons (Fsp3) is 0.778. The van der Waals surface area contributed by atoms with Gasteiger partial charge in [0.2, 0.25) is 0 Å². The predicted octanol–water partition coefficient (Wildman–Crippen LogP) is 3.68. The van der Waals surface area contributed by atoms with Crippen LogP contribution >= 0.6 is 0 Å². The third-order valence-electron chi connectivity index (χ3n) is 1.46. The zero-order valence-corrected chi connectivity index (χ0v) is 8.78. The van der Waals surface area contributed by atoms with Crippen molar-refractivity contribution in [1.29, 1.82) is 0 Å². The maximum absolute atomic E-state index is 2.42. The molecule has 0 aromatic rings. The summed E-state index contributed by atoms with van der Waals surface area (Å²) in [6, 6.07) is 1.43. The summed E-state index contributed by atoms with van der Waals surface area (Å²) in [5.41, 5.74) is 0. The van der Waals surface area contributed by atoms with Crippen LogP contribution in [0.4, 0.5) is 0 Å². The molecule has 0 radical (unpaired) electrons. The molecule has 0 aliphatic rings. The van der Waals surface area contributed by atoms with E-state index < -0.39 is 8.07 Å². The van der Waals surface area contributed by atoms with E-state index in [2.05, 4.69) is 38.7 Å². The number of allylic oxidation sites excluding steroid dienone is 2. The van der Waals surface area contributed by atoms with Gasteiger partial charge in [-0.3, -0.25) is 0 Å². The summed E-state index contributed by atoms with van der Waals surface area (Å²) in [6.07, 6.45) is 7.06. The number of hydrogen-bond acceptors (Lipinski definition) is 0. The van der Waals surface area contributed by atoms with Gasteiger partial charge in [-0.25, -0.2) is 0 Å². The Balaban J connectivity index is 3.28. The molecule has 0 N–H and O–H groups in total. The van der Waals surface area contributed by atoms with E-state index >= 15 is 0 Å². The second kappa shape index (κ2) is 4.72. The molecule has 0 nitrogen and oxygen atoms in total. The van der Waals surface area contributed by atoms with E-state index in [0.29, 0.717) is 0 Å². The fourth-order valence-electron chi connectivity index (χ4n) is 0.801. The summed E-state index contributed by atoms with van der Waals surface area (Å²) < 4.78 is 0. The highest BCUT2D eigenvalue weighted by atomic mass is 28.3. The molecule has 0 heterocycles. The highest BCUT2D eigenvalue weighted by Gasteiger charge is 2.09. The summed E-state index contributed by atoms with van der Waals surface area (Å²) in [5, 5.41) is 0. The van der Waals surface area contributed by atoms with Crippen LogP contribution < -0.4 is 0 Å². The Bertz CT molecular complexity index is 97.8. The van der Waals surface area contributed by atoms with E-state index in [-0.39, 0.29) is 0 Å². The van der Waals surface area contributed by atoms with Gasteiger partial charge in [0.1, 0.15) is 0 Å². The van der Waals surface area contributed by atoms with Crippen molar-refractivity contribution in [2.75, 3.05) is 0 Å². The maximum Gasteiger partial charge on any atom is 0.0445 e. The molecule has 0 aromatic carbocycles. The van der Waals surface area contributed by atoms with Gasteiger partial charge in [-0.05, 0) is 12.8 Å². The van der Waals surface area contributed by atoms with E-state index in [1.807, 2.05) is 0 Å². The molecule has 0 fully saturated rings. The van der Waals surface area contributed by atoms with E-state index in [1.54, 1.807) is 0 Å². The summed E-state index contributed by atoms with van der Waals surface area (Å²) in [7, 11) is -0.758. The minimum atomic E-state index is -0.758. The first-order valence-corrected chi connectivity index (χ1v) is 7.92. The predicted molar refractivity (Wildman–Crippen MR) is 52.2 cm³/mol. The first kappa shape index (κ1) is 9.96. The Hall–Kier alpha value is -0.0431. The van der Waals surface area contributed by atoms with Gasteiger partial charge < -0.3 is 0 Å². The normalized spacial score (nSPS) is 12.8. The molecular weight excluding hydrogens is 136 g/mol. The van der Waals surface area contributed by atoms with Crippen LogP contribution in [0.3, 0.4) is 0 Å². The molecule has 0 bridgehead atoms. The molecule has 0 aromatic heterocycles. The van der Waals surface area contributed by atoms with Gasteiger partial charge in [0.05, 0.1) is 0 Å². The summed E-state index contributed by atoms with van der Waals surface area (Å²) in [6.45, 7) is 9.46. The van der Waals surface area contributed by atoms with Crippen molar-refractivity contribution in [2.24, 2.45) is 0 Å². The third-order valence-corrected chi connectivity index (χ3v) is 3.25.